The number of rotatable bonds is 1. The number of anilines is 1. The molecule has 17 heavy (non-hydrogen) atoms. The number of nitrogens with zero attached hydrogens (tertiary/aromatic N) is 2. The van der Waals surface area contributed by atoms with Crippen molar-refractivity contribution in [1.29, 1.82) is 0 Å². The summed E-state index contributed by atoms with van der Waals surface area (Å²) in [4.78, 5) is 6.64. The van der Waals surface area contributed by atoms with Crippen molar-refractivity contribution in [2.45, 2.75) is 25.7 Å². The maximum atomic E-state index is 4.29. The topological polar surface area (TPSA) is 28.2 Å². The predicted molar refractivity (Wildman–Crippen MR) is 72.8 cm³/mol. The van der Waals surface area contributed by atoms with E-state index in [4.69, 9.17) is 0 Å². The molecule has 0 saturated heterocycles. The van der Waals surface area contributed by atoms with Crippen LogP contribution in [0.4, 0.5) is 5.69 Å². The summed E-state index contributed by atoms with van der Waals surface area (Å²) in [5.41, 5.74) is 4.28. The van der Waals surface area contributed by atoms with Gasteiger partial charge in [0.2, 0.25) is 0 Å². The van der Waals surface area contributed by atoms with Crippen LogP contribution in [0.2, 0.25) is 0 Å². The number of halogens is 1. The molecule has 0 radical (unpaired) electrons. The molecule has 0 bridgehead atoms. The molecular formula is C13H16BrN3. The van der Waals surface area contributed by atoms with Gasteiger partial charge in [-0.2, -0.15) is 0 Å². The van der Waals surface area contributed by atoms with E-state index in [9.17, 15) is 0 Å². The lowest BCUT2D eigenvalue weighted by Crippen LogP contribution is -2.41. The van der Waals surface area contributed by atoms with Gasteiger partial charge in [-0.1, -0.05) is 0 Å². The fraction of sp³-hybridized carbons (Fsp3) is 0.462. The lowest BCUT2D eigenvalue weighted by atomic mass is 9.94. The van der Waals surface area contributed by atoms with E-state index in [0.717, 1.165) is 17.8 Å². The molecule has 0 aromatic carbocycles. The second-order valence-corrected chi connectivity index (χ2v) is 5.47. The van der Waals surface area contributed by atoms with Gasteiger partial charge in [0.15, 0.2) is 0 Å². The number of hydrogen-bond acceptors (Lipinski definition) is 3. The summed E-state index contributed by atoms with van der Waals surface area (Å²) in [6.07, 6.45) is 7.10. The van der Waals surface area contributed by atoms with Crippen LogP contribution in [0, 0.1) is 0 Å². The average Bonchev–Trinajstić information content (AvgIpc) is 2.39. The van der Waals surface area contributed by atoms with Crippen LogP contribution in [0.25, 0.3) is 0 Å². The Morgan fingerprint density at radius 2 is 2.12 bits per heavy atom. The Balaban J connectivity index is 1.79. The first kappa shape index (κ1) is 11.1. The van der Waals surface area contributed by atoms with Crippen molar-refractivity contribution in [2.24, 2.45) is 0 Å². The van der Waals surface area contributed by atoms with Gasteiger partial charge < -0.3 is 10.2 Å². The quantitative estimate of drug-likeness (QED) is 0.807. The van der Waals surface area contributed by atoms with E-state index in [1.54, 1.807) is 5.57 Å². The van der Waals surface area contributed by atoms with Gasteiger partial charge in [-0.3, -0.25) is 0 Å². The van der Waals surface area contributed by atoms with Gasteiger partial charge in [0, 0.05) is 12.2 Å². The second kappa shape index (κ2) is 4.69. The Labute approximate surface area is 110 Å². The van der Waals surface area contributed by atoms with Crippen LogP contribution >= 0.6 is 15.9 Å². The summed E-state index contributed by atoms with van der Waals surface area (Å²) in [6.45, 7) is 1.97. The lowest BCUT2D eigenvalue weighted by Gasteiger charge is -2.35. The molecule has 0 amide bonds. The zero-order valence-corrected chi connectivity index (χ0v) is 11.3. The van der Waals surface area contributed by atoms with Crippen molar-refractivity contribution >= 4 is 21.6 Å². The molecule has 2 heterocycles. The molecule has 1 aliphatic carbocycles. The predicted octanol–water partition coefficient (Wildman–Crippen LogP) is 3.04. The fourth-order valence-electron chi connectivity index (χ4n) is 2.57. The summed E-state index contributed by atoms with van der Waals surface area (Å²) >= 11 is 3.37. The van der Waals surface area contributed by atoms with Crippen molar-refractivity contribution in [3.05, 3.63) is 34.2 Å². The van der Waals surface area contributed by atoms with Gasteiger partial charge in [0.25, 0.3) is 0 Å². The summed E-state index contributed by atoms with van der Waals surface area (Å²) < 4.78 is 0.892. The molecule has 90 valence electrons. The normalized spacial score (nSPS) is 19.9. The van der Waals surface area contributed by atoms with E-state index in [0.29, 0.717) is 0 Å². The van der Waals surface area contributed by atoms with E-state index in [-0.39, 0.29) is 0 Å². The third-order valence-electron chi connectivity index (χ3n) is 3.52. The molecule has 1 aliphatic heterocycles. The van der Waals surface area contributed by atoms with Gasteiger partial charge in [0.05, 0.1) is 18.6 Å². The third-order valence-corrected chi connectivity index (χ3v) is 3.99. The standard InChI is InChI=1S/C13H16BrN3/c14-13-6-5-11(7-15-13)17-8-10-3-1-2-4-12(10)16-9-17/h5-7,16H,1-4,8-9H2. The smallest absolute Gasteiger partial charge is 0.106 e. The molecule has 4 heteroatoms. The van der Waals surface area contributed by atoms with E-state index in [2.05, 4.69) is 37.2 Å². The highest BCUT2D eigenvalue weighted by atomic mass is 79.9. The monoisotopic (exact) mass is 293 g/mol. The minimum atomic E-state index is 0.892. The van der Waals surface area contributed by atoms with Crippen molar-refractivity contribution < 1.29 is 0 Å². The van der Waals surface area contributed by atoms with E-state index in [1.165, 1.54) is 37.1 Å². The van der Waals surface area contributed by atoms with E-state index >= 15 is 0 Å². The number of allylic oxidation sites excluding steroid dienone is 1. The van der Waals surface area contributed by atoms with Crippen LogP contribution in [0.5, 0.6) is 0 Å². The van der Waals surface area contributed by atoms with Crippen LogP contribution in [0.3, 0.4) is 0 Å². The number of aromatic nitrogens is 1. The van der Waals surface area contributed by atoms with Crippen molar-refractivity contribution in [2.75, 3.05) is 18.1 Å². The summed E-state index contributed by atoms with van der Waals surface area (Å²) in [5, 5.41) is 3.55. The Morgan fingerprint density at radius 3 is 2.94 bits per heavy atom. The second-order valence-electron chi connectivity index (χ2n) is 4.66. The van der Waals surface area contributed by atoms with E-state index < -0.39 is 0 Å². The maximum absolute atomic E-state index is 4.29. The summed E-state index contributed by atoms with van der Waals surface area (Å²) in [5.74, 6) is 0. The SMILES string of the molecule is Brc1ccc(N2CNC3=C(CCCC3)C2)cn1. The Bertz CT molecular complexity index is 438. The van der Waals surface area contributed by atoms with Crippen molar-refractivity contribution in [3.8, 4) is 0 Å². The Kier molecular flexibility index (Phi) is 3.05. The minimum absolute atomic E-state index is 0.892. The highest BCUT2D eigenvalue weighted by Gasteiger charge is 2.20. The first-order chi connectivity index (χ1) is 8.33. The van der Waals surface area contributed by atoms with Crippen molar-refractivity contribution in [1.82, 2.24) is 10.3 Å². The average molecular weight is 294 g/mol. The first-order valence-corrected chi connectivity index (χ1v) is 6.93. The zero-order chi connectivity index (χ0) is 11.7. The zero-order valence-electron chi connectivity index (χ0n) is 9.75. The molecule has 3 rings (SSSR count). The number of hydrogen-bond donors (Lipinski definition) is 1. The highest BCUT2D eigenvalue weighted by Crippen LogP contribution is 2.28. The molecule has 0 unspecified atom stereocenters. The Morgan fingerprint density at radius 1 is 1.24 bits per heavy atom. The van der Waals surface area contributed by atoms with Gasteiger partial charge in [-0.25, -0.2) is 4.98 Å². The van der Waals surface area contributed by atoms with Crippen LogP contribution < -0.4 is 10.2 Å². The van der Waals surface area contributed by atoms with Gasteiger partial charge in [-0.15, -0.1) is 0 Å². The van der Waals surface area contributed by atoms with Gasteiger partial charge in [0.1, 0.15) is 4.60 Å². The molecule has 0 atom stereocenters. The van der Waals surface area contributed by atoms with Crippen LogP contribution in [0.15, 0.2) is 34.2 Å². The summed E-state index contributed by atoms with van der Waals surface area (Å²) in [7, 11) is 0. The van der Waals surface area contributed by atoms with Crippen molar-refractivity contribution in [3.63, 3.8) is 0 Å². The number of pyridine rings is 1. The largest absolute Gasteiger partial charge is 0.371 e. The van der Waals surface area contributed by atoms with Gasteiger partial charge in [-0.05, 0) is 59.3 Å². The third kappa shape index (κ3) is 2.32. The van der Waals surface area contributed by atoms with Crippen LogP contribution in [-0.2, 0) is 0 Å². The summed E-state index contributed by atoms with van der Waals surface area (Å²) in [6, 6.07) is 4.12. The first-order valence-electron chi connectivity index (χ1n) is 6.14. The molecule has 1 aromatic rings. The molecule has 0 spiro atoms. The number of nitrogens with one attached hydrogen (secondary N) is 1. The Hall–Kier alpha value is -1.03. The molecule has 0 saturated carbocycles. The lowest BCUT2D eigenvalue weighted by molar-refractivity contribution is 0.562. The minimum Gasteiger partial charge on any atom is -0.371 e. The molecule has 3 nitrogen and oxygen atoms in total. The maximum Gasteiger partial charge on any atom is 0.106 e. The molecule has 2 aliphatic rings. The molecule has 1 aromatic heterocycles. The van der Waals surface area contributed by atoms with E-state index in [1.807, 2.05) is 12.3 Å². The van der Waals surface area contributed by atoms with Crippen LogP contribution in [-0.4, -0.2) is 18.2 Å². The molecule has 1 N–H and O–H groups in total. The van der Waals surface area contributed by atoms with Gasteiger partial charge >= 0.3 is 0 Å². The fourth-order valence-corrected chi connectivity index (χ4v) is 2.81. The van der Waals surface area contributed by atoms with Crippen LogP contribution in [0.1, 0.15) is 25.7 Å². The molecular weight excluding hydrogens is 278 g/mol. The molecule has 0 fully saturated rings. The highest BCUT2D eigenvalue weighted by molar-refractivity contribution is 9.10.